The van der Waals surface area contributed by atoms with Crippen LogP contribution in [0, 0.1) is 0 Å². The lowest BCUT2D eigenvalue weighted by atomic mass is 9.99. The maximum absolute atomic E-state index is 12.8. The molecular formula is C20H20F3NO. The first-order chi connectivity index (χ1) is 11.9. The number of ketones is 1. The summed E-state index contributed by atoms with van der Waals surface area (Å²) in [6, 6.07) is 11.8. The first-order valence-electron chi connectivity index (χ1n) is 8.47. The van der Waals surface area contributed by atoms with Gasteiger partial charge in [-0.2, -0.15) is 13.2 Å². The van der Waals surface area contributed by atoms with Crippen molar-refractivity contribution in [3.63, 3.8) is 0 Å². The van der Waals surface area contributed by atoms with Crippen molar-refractivity contribution in [3.05, 3.63) is 70.8 Å². The number of hydrogen-bond donors (Lipinski definition) is 0. The van der Waals surface area contributed by atoms with Crippen molar-refractivity contribution in [3.8, 4) is 0 Å². The van der Waals surface area contributed by atoms with Gasteiger partial charge in [-0.1, -0.05) is 36.8 Å². The number of alkyl halides is 3. The standard InChI is InChI=1S/C20H20F3NO/c21-20(22,23)18-9-5-8-17(13-18)19(25)16-7-4-6-15(12-16)14-24-10-2-1-3-11-24/h4-9,12-13H,1-3,10-11,14H2. The molecule has 0 radical (unpaired) electrons. The molecule has 1 aliphatic heterocycles. The molecule has 0 spiro atoms. The van der Waals surface area contributed by atoms with E-state index < -0.39 is 11.7 Å². The monoisotopic (exact) mass is 347 g/mol. The highest BCUT2D eigenvalue weighted by molar-refractivity contribution is 6.09. The fourth-order valence-electron chi connectivity index (χ4n) is 3.19. The molecule has 0 amide bonds. The van der Waals surface area contributed by atoms with E-state index in [9.17, 15) is 18.0 Å². The summed E-state index contributed by atoms with van der Waals surface area (Å²) in [6.07, 6.45) is -0.831. The van der Waals surface area contributed by atoms with Crippen LogP contribution in [0.2, 0.25) is 0 Å². The molecule has 2 aromatic rings. The summed E-state index contributed by atoms with van der Waals surface area (Å²) >= 11 is 0. The molecule has 0 N–H and O–H groups in total. The third-order valence-electron chi connectivity index (χ3n) is 4.50. The van der Waals surface area contributed by atoms with Gasteiger partial charge in [0.1, 0.15) is 0 Å². The number of nitrogens with zero attached hydrogens (tertiary/aromatic N) is 1. The average molecular weight is 347 g/mol. The molecule has 0 unspecified atom stereocenters. The summed E-state index contributed by atoms with van der Waals surface area (Å²) in [6.45, 7) is 2.86. The predicted molar refractivity (Wildman–Crippen MR) is 90.4 cm³/mol. The Morgan fingerprint density at radius 3 is 2.24 bits per heavy atom. The van der Waals surface area contributed by atoms with Crippen molar-refractivity contribution in [2.24, 2.45) is 0 Å². The van der Waals surface area contributed by atoms with Crippen LogP contribution in [0.15, 0.2) is 48.5 Å². The van der Waals surface area contributed by atoms with Gasteiger partial charge in [-0.25, -0.2) is 0 Å². The van der Waals surface area contributed by atoms with Gasteiger partial charge >= 0.3 is 6.18 Å². The van der Waals surface area contributed by atoms with E-state index in [1.807, 2.05) is 6.07 Å². The van der Waals surface area contributed by atoms with Gasteiger partial charge in [-0.15, -0.1) is 0 Å². The smallest absolute Gasteiger partial charge is 0.299 e. The van der Waals surface area contributed by atoms with Crippen molar-refractivity contribution < 1.29 is 18.0 Å². The molecule has 0 saturated carbocycles. The molecule has 2 nitrogen and oxygen atoms in total. The van der Waals surface area contributed by atoms with Crippen molar-refractivity contribution in [2.75, 3.05) is 13.1 Å². The van der Waals surface area contributed by atoms with Gasteiger partial charge in [-0.3, -0.25) is 9.69 Å². The zero-order valence-corrected chi connectivity index (χ0v) is 13.9. The Labute approximate surface area is 145 Å². The molecule has 1 fully saturated rings. The minimum Gasteiger partial charge on any atom is -0.299 e. The second-order valence-corrected chi connectivity index (χ2v) is 6.44. The van der Waals surface area contributed by atoms with Crippen LogP contribution in [0.1, 0.15) is 46.3 Å². The molecule has 1 aliphatic rings. The molecule has 1 heterocycles. The molecule has 1 saturated heterocycles. The quantitative estimate of drug-likeness (QED) is 0.732. The van der Waals surface area contributed by atoms with Crippen LogP contribution < -0.4 is 0 Å². The Morgan fingerprint density at radius 2 is 1.56 bits per heavy atom. The third-order valence-corrected chi connectivity index (χ3v) is 4.50. The van der Waals surface area contributed by atoms with E-state index in [1.54, 1.807) is 18.2 Å². The largest absolute Gasteiger partial charge is 0.416 e. The van der Waals surface area contributed by atoms with E-state index >= 15 is 0 Å². The van der Waals surface area contributed by atoms with Gasteiger partial charge < -0.3 is 0 Å². The molecule has 0 aliphatic carbocycles. The Kier molecular flexibility index (Phi) is 5.23. The first kappa shape index (κ1) is 17.7. The van der Waals surface area contributed by atoms with Gasteiger partial charge in [-0.05, 0) is 49.7 Å². The molecule has 0 bridgehead atoms. The lowest BCUT2D eigenvalue weighted by Crippen LogP contribution is -2.29. The lowest BCUT2D eigenvalue weighted by molar-refractivity contribution is -0.137. The predicted octanol–water partition coefficient (Wildman–Crippen LogP) is 4.92. The van der Waals surface area contributed by atoms with Crippen molar-refractivity contribution >= 4 is 5.78 Å². The summed E-state index contributed by atoms with van der Waals surface area (Å²) in [5.74, 6) is -0.383. The Morgan fingerprint density at radius 1 is 0.920 bits per heavy atom. The van der Waals surface area contributed by atoms with Crippen molar-refractivity contribution in [2.45, 2.75) is 32.0 Å². The highest BCUT2D eigenvalue weighted by Gasteiger charge is 2.31. The number of rotatable bonds is 4. The van der Waals surface area contributed by atoms with Crippen LogP contribution >= 0.6 is 0 Å². The molecule has 132 valence electrons. The fourth-order valence-corrected chi connectivity index (χ4v) is 3.19. The van der Waals surface area contributed by atoms with E-state index in [-0.39, 0.29) is 11.3 Å². The Balaban J connectivity index is 1.79. The van der Waals surface area contributed by atoms with E-state index in [1.165, 1.54) is 31.4 Å². The fraction of sp³-hybridized carbons (Fsp3) is 0.350. The van der Waals surface area contributed by atoms with E-state index in [0.29, 0.717) is 5.56 Å². The second kappa shape index (κ2) is 7.40. The van der Waals surface area contributed by atoms with Crippen molar-refractivity contribution in [1.29, 1.82) is 0 Å². The number of likely N-dealkylation sites (tertiary alicyclic amines) is 1. The number of carbonyl (C=O) groups is 1. The van der Waals surface area contributed by atoms with Crippen LogP contribution in [0.3, 0.4) is 0 Å². The zero-order valence-electron chi connectivity index (χ0n) is 13.9. The lowest BCUT2D eigenvalue weighted by Gasteiger charge is -2.26. The molecule has 25 heavy (non-hydrogen) atoms. The maximum Gasteiger partial charge on any atom is 0.416 e. The average Bonchev–Trinajstić information content (AvgIpc) is 2.61. The number of carbonyl (C=O) groups excluding carboxylic acids is 1. The molecule has 0 atom stereocenters. The van der Waals surface area contributed by atoms with Crippen molar-refractivity contribution in [1.82, 2.24) is 4.90 Å². The maximum atomic E-state index is 12.8. The summed E-state index contributed by atoms with van der Waals surface area (Å²) in [5.41, 5.74) is 0.696. The first-order valence-corrected chi connectivity index (χ1v) is 8.47. The number of benzene rings is 2. The molecule has 0 aromatic heterocycles. The van der Waals surface area contributed by atoms with E-state index in [0.717, 1.165) is 37.3 Å². The van der Waals surface area contributed by atoms with Crippen LogP contribution in [0.25, 0.3) is 0 Å². The Bertz CT molecular complexity index is 749. The number of halogens is 3. The SMILES string of the molecule is O=C(c1cccc(CN2CCCCC2)c1)c1cccc(C(F)(F)F)c1. The number of hydrogen-bond acceptors (Lipinski definition) is 2. The molecule has 2 aromatic carbocycles. The van der Waals surface area contributed by atoms with Gasteiger partial charge in [0.15, 0.2) is 5.78 Å². The normalized spacial score (nSPS) is 16.0. The van der Waals surface area contributed by atoms with E-state index in [2.05, 4.69) is 4.90 Å². The van der Waals surface area contributed by atoms with E-state index in [4.69, 9.17) is 0 Å². The summed E-state index contributed by atoms with van der Waals surface area (Å²) in [7, 11) is 0. The summed E-state index contributed by atoms with van der Waals surface area (Å²) in [5, 5.41) is 0. The second-order valence-electron chi connectivity index (χ2n) is 6.44. The summed E-state index contributed by atoms with van der Waals surface area (Å²) < 4.78 is 38.5. The van der Waals surface area contributed by atoms with Crippen LogP contribution in [-0.4, -0.2) is 23.8 Å². The minimum absolute atomic E-state index is 0.0601. The van der Waals surface area contributed by atoms with Crippen LogP contribution in [-0.2, 0) is 12.7 Å². The minimum atomic E-state index is -4.45. The molecule has 5 heteroatoms. The van der Waals surface area contributed by atoms with Gasteiger partial charge in [0, 0.05) is 17.7 Å². The van der Waals surface area contributed by atoms with Crippen LogP contribution in [0.5, 0.6) is 0 Å². The Hall–Kier alpha value is -2.14. The van der Waals surface area contributed by atoms with Gasteiger partial charge in [0.25, 0.3) is 0 Å². The zero-order chi connectivity index (χ0) is 17.9. The van der Waals surface area contributed by atoms with Crippen LogP contribution in [0.4, 0.5) is 13.2 Å². The summed E-state index contributed by atoms with van der Waals surface area (Å²) in [4.78, 5) is 14.9. The highest BCUT2D eigenvalue weighted by Crippen LogP contribution is 2.30. The topological polar surface area (TPSA) is 20.3 Å². The van der Waals surface area contributed by atoms with Gasteiger partial charge in [0.2, 0.25) is 0 Å². The third kappa shape index (κ3) is 4.48. The highest BCUT2D eigenvalue weighted by atomic mass is 19.4. The number of piperidine rings is 1. The molecule has 3 rings (SSSR count). The molecular weight excluding hydrogens is 327 g/mol. The van der Waals surface area contributed by atoms with Gasteiger partial charge in [0.05, 0.1) is 5.56 Å².